The fraction of sp³-hybridized carbons (Fsp3) is 0.769. The molecule has 2 N–H and O–H groups in total. The van der Waals surface area contributed by atoms with E-state index in [1.807, 2.05) is 17.9 Å². The first-order chi connectivity index (χ1) is 7.76. The van der Waals surface area contributed by atoms with Crippen molar-refractivity contribution in [3.63, 3.8) is 0 Å². The maximum absolute atomic E-state index is 5.91. The maximum Gasteiger partial charge on any atom is 0.0492 e. The van der Waals surface area contributed by atoms with Gasteiger partial charge in [-0.1, -0.05) is 19.8 Å². The second-order valence-corrected chi connectivity index (χ2v) is 5.07. The number of hydrogen-bond donors (Lipinski definition) is 1. The topological polar surface area (TPSA) is 43.8 Å². The highest BCUT2D eigenvalue weighted by Crippen LogP contribution is 2.40. The van der Waals surface area contributed by atoms with Crippen molar-refractivity contribution in [2.24, 2.45) is 24.6 Å². The Morgan fingerprint density at radius 1 is 1.50 bits per heavy atom. The molecular weight excluding hydrogens is 198 g/mol. The molecule has 1 saturated carbocycles. The fourth-order valence-corrected chi connectivity index (χ4v) is 3.08. The molecule has 1 aromatic heterocycles. The lowest BCUT2D eigenvalue weighted by Gasteiger charge is -2.35. The molecular formula is C13H23N3. The van der Waals surface area contributed by atoms with E-state index < -0.39 is 0 Å². The quantitative estimate of drug-likeness (QED) is 0.851. The molecule has 3 atom stereocenters. The van der Waals surface area contributed by atoms with E-state index in [0.717, 1.165) is 12.5 Å². The van der Waals surface area contributed by atoms with Gasteiger partial charge in [-0.2, -0.15) is 5.10 Å². The van der Waals surface area contributed by atoms with Crippen molar-refractivity contribution in [3.8, 4) is 0 Å². The van der Waals surface area contributed by atoms with Crippen molar-refractivity contribution in [2.45, 2.75) is 38.5 Å². The predicted octanol–water partition coefficient (Wildman–Crippen LogP) is 2.29. The summed E-state index contributed by atoms with van der Waals surface area (Å²) in [6.07, 6.45) is 7.12. The zero-order valence-corrected chi connectivity index (χ0v) is 10.4. The van der Waals surface area contributed by atoms with Crippen LogP contribution in [0.1, 0.15) is 44.2 Å². The summed E-state index contributed by atoms with van der Waals surface area (Å²) in [6, 6.07) is 2.16. The van der Waals surface area contributed by atoms with Gasteiger partial charge in [-0.3, -0.25) is 4.68 Å². The molecule has 1 fully saturated rings. The van der Waals surface area contributed by atoms with Gasteiger partial charge in [0.2, 0.25) is 0 Å². The molecule has 1 aromatic rings. The molecule has 0 spiro atoms. The molecule has 3 unspecified atom stereocenters. The number of rotatable bonds is 3. The van der Waals surface area contributed by atoms with Crippen LogP contribution >= 0.6 is 0 Å². The lowest BCUT2D eigenvalue weighted by Crippen LogP contribution is -2.30. The highest BCUT2D eigenvalue weighted by atomic mass is 15.3. The monoisotopic (exact) mass is 221 g/mol. The van der Waals surface area contributed by atoms with Crippen LogP contribution in [0.4, 0.5) is 0 Å². The molecule has 3 nitrogen and oxygen atoms in total. The highest BCUT2D eigenvalue weighted by molar-refractivity contribution is 5.11. The maximum atomic E-state index is 5.91. The fourth-order valence-electron chi connectivity index (χ4n) is 3.08. The second-order valence-electron chi connectivity index (χ2n) is 5.07. The SMILES string of the molecule is CCC1CCC(CN)C(c2ccnn2C)C1. The first kappa shape index (κ1) is 11.6. The summed E-state index contributed by atoms with van der Waals surface area (Å²) in [5, 5.41) is 4.29. The van der Waals surface area contributed by atoms with Crippen LogP contribution in [0.5, 0.6) is 0 Å². The summed E-state index contributed by atoms with van der Waals surface area (Å²) < 4.78 is 2.02. The Morgan fingerprint density at radius 2 is 2.31 bits per heavy atom. The van der Waals surface area contributed by atoms with Crippen LogP contribution in [-0.2, 0) is 7.05 Å². The first-order valence-electron chi connectivity index (χ1n) is 6.44. The molecule has 0 saturated heterocycles. The Kier molecular flexibility index (Phi) is 3.64. The Morgan fingerprint density at radius 3 is 2.88 bits per heavy atom. The minimum atomic E-state index is 0.621. The summed E-state index contributed by atoms with van der Waals surface area (Å²) in [4.78, 5) is 0. The van der Waals surface area contributed by atoms with Gasteiger partial charge in [-0.05, 0) is 37.3 Å². The lowest BCUT2D eigenvalue weighted by atomic mass is 9.72. The summed E-state index contributed by atoms with van der Waals surface area (Å²) in [5.74, 6) is 2.15. The molecule has 16 heavy (non-hydrogen) atoms. The Bertz CT molecular complexity index is 332. The van der Waals surface area contributed by atoms with Crippen LogP contribution in [0.15, 0.2) is 12.3 Å². The molecule has 1 aliphatic carbocycles. The van der Waals surface area contributed by atoms with Gasteiger partial charge >= 0.3 is 0 Å². The van der Waals surface area contributed by atoms with Crippen molar-refractivity contribution in [1.82, 2.24) is 9.78 Å². The Labute approximate surface area is 98.0 Å². The van der Waals surface area contributed by atoms with Crippen molar-refractivity contribution >= 4 is 0 Å². The standard InChI is InChI=1S/C13H23N3/c1-3-10-4-5-11(9-14)12(8-10)13-6-7-15-16(13)2/h6-7,10-12H,3-5,8-9,14H2,1-2H3. The van der Waals surface area contributed by atoms with Crippen LogP contribution in [0.2, 0.25) is 0 Å². The minimum Gasteiger partial charge on any atom is -0.330 e. The third-order valence-corrected chi connectivity index (χ3v) is 4.22. The van der Waals surface area contributed by atoms with Gasteiger partial charge in [0.1, 0.15) is 0 Å². The Balaban J connectivity index is 2.18. The van der Waals surface area contributed by atoms with Crippen LogP contribution < -0.4 is 5.73 Å². The average Bonchev–Trinajstić information content (AvgIpc) is 2.74. The van der Waals surface area contributed by atoms with Gasteiger partial charge in [-0.25, -0.2) is 0 Å². The van der Waals surface area contributed by atoms with E-state index in [0.29, 0.717) is 11.8 Å². The summed E-state index contributed by atoms with van der Waals surface area (Å²) in [7, 11) is 2.04. The molecule has 0 aromatic carbocycles. The van der Waals surface area contributed by atoms with E-state index >= 15 is 0 Å². The lowest BCUT2D eigenvalue weighted by molar-refractivity contribution is 0.229. The molecule has 0 amide bonds. The molecule has 0 radical (unpaired) electrons. The Hall–Kier alpha value is -0.830. The summed E-state index contributed by atoms with van der Waals surface area (Å²) in [6.45, 7) is 3.11. The van der Waals surface area contributed by atoms with E-state index in [9.17, 15) is 0 Å². The molecule has 0 bridgehead atoms. The van der Waals surface area contributed by atoms with Crippen LogP contribution in [0.25, 0.3) is 0 Å². The third kappa shape index (κ3) is 2.14. The van der Waals surface area contributed by atoms with Gasteiger partial charge in [0, 0.05) is 24.9 Å². The summed E-state index contributed by atoms with van der Waals surface area (Å²) >= 11 is 0. The smallest absolute Gasteiger partial charge is 0.0492 e. The third-order valence-electron chi connectivity index (χ3n) is 4.22. The van der Waals surface area contributed by atoms with Crippen molar-refractivity contribution in [3.05, 3.63) is 18.0 Å². The highest BCUT2D eigenvalue weighted by Gasteiger charge is 2.31. The van der Waals surface area contributed by atoms with Gasteiger partial charge in [0.15, 0.2) is 0 Å². The van der Waals surface area contributed by atoms with E-state index in [-0.39, 0.29) is 0 Å². The van der Waals surface area contributed by atoms with Gasteiger partial charge in [0.05, 0.1) is 0 Å². The largest absolute Gasteiger partial charge is 0.330 e. The zero-order valence-electron chi connectivity index (χ0n) is 10.4. The van der Waals surface area contributed by atoms with Gasteiger partial charge in [-0.15, -0.1) is 0 Å². The van der Waals surface area contributed by atoms with E-state index in [1.54, 1.807) is 0 Å². The normalized spacial score (nSPS) is 30.6. The molecule has 90 valence electrons. The number of aromatic nitrogens is 2. The molecule has 3 heteroatoms. The van der Waals surface area contributed by atoms with E-state index in [4.69, 9.17) is 5.73 Å². The van der Waals surface area contributed by atoms with Crippen molar-refractivity contribution in [1.29, 1.82) is 0 Å². The van der Waals surface area contributed by atoms with E-state index in [2.05, 4.69) is 18.1 Å². The minimum absolute atomic E-state index is 0.621. The average molecular weight is 221 g/mol. The number of nitrogens with two attached hydrogens (primary N) is 1. The van der Waals surface area contributed by atoms with Gasteiger partial charge < -0.3 is 5.73 Å². The van der Waals surface area contributed by atoms with E-state index in [1.165, 1.54) is 31.4 Å². The molecule has 1 heterocycles. The number of nitrogens with zero attached hydrogens (tertiary/aromatic N) is 2. The van der Waals surface area contributed by atoms with Crippen LogP contribution in [0.3, 0.4) is 0 Å². The molecule has 2 rings (SSSR count). The summed E-state index contributed by atoms with van der Waals surface area (Å²) in [5.41, 5.74) is 7.28. The van der Waals surface area contributed by atoms with Crippen LogP contribution in [-0.4, -0.2) is 16.3 Å². The van der Waals surface area contributed by atoms with Gasteiger partial charge in [0.25, 0.3) is 0 Å². The second kappa shape index (κ2) is 5.00. The van der Waals surface area contributed by atoms with Crippen molar-refractivity contribution < 1.29 is 0 Å². The molecule has 0 aliphatic heterocycles. The van der Waals surface area contributed by atoms with Crippen molar-refractivity contribution in [2.75, 3.05) is 6.54 Å². The first-order valence-corrected chi connectivity index (χ1v) is 6.44. The molecule has 1 aliphatic rings. The predicted molar refractivity (Wildman–Crippen MR) is 66.1 cm³/mol. The zero-order chi connectivity index (χ0) is 11.5. The van der Waals surface area contributed by atoms with Crippen LogP contribution in [0, 0.1) is 11.8 Å². The number of aryl methyl sites for hydroxylation is 1. The number of hydrogen-bond acceptors (Lipinski definition) is 2.